The van der Waals surface area contributed by atoms with Crippen LogP contribution >= 0.6 is 0 Å². The van der Waals surface area contributed by atoms with Gasteiger partial charge in [-0.1, -0.05) is 18.2 Å². The van der Waals surface area contributed by atoms with E-state index in [4.69, 9.17) is 9.47 Å². The van der Waals surface area contributed by atoms with E-state index in [1.165, 1.54) is 16.2 Å². The molecule has 0 radical (unpaired) electrons. The van der Waals surface area contributed by atoms with Crippen LogP contribution in [0.5, 0.6) is 11.5 Å². The molecule has 3 unspecified atom stereocenters. The van der Waals surface area contributed by atoms with Gasteiger partial charge in [0, 0.05) is 29.5 Å². The zero-order chi connectivity index (χ0) is 15.1. The molecule has 2 bridgehead atoms. The summed E-state index contributed by atoms with van der Waals surface area (Å²) in [6.45, 7) is 0.609. The zero-order valence-electron chi connectivity index (χ0n) is 12.4. The van der Waals surface area contributed by atoms with Crippen molar-refractivity contribution in [3.8, 4) is 11.5 Å². The maximum Gasteiger partial charge on any atom is 0.165 e. The Morgan fingerprint density at radius 2 is 2.23 bits per heavy atom. The van der Waals surface area contributed by atoms with Gasteiger partial charge in [0.25, 0.3) is 0 Å². The summed E-state index contributed by atoms with van der Waals surface area (Å²) < 4.78 is 11.7. The van der Waals surface area contributed by atoms with Crippen LogP contribution in [-0.4, -0.2) is 47.3 Å². The van der Waals surface area contributed by atoms with E-state index in [9.17, 15) is 10.3 Å². The molecule has 1 aromatic rings. The van der Waals surface area contributed by atoms with Gasteiger partial charge in [-0.25, -0.2) is 0 Å². The smallest absolute Gasteiger partial charge is 0.165 e. The number of hydrogen-bond acceptors (Lipinski definition) is 5. The van der Waals surface area contributed by atoms with E-state index in [-0.39, 0.29) is 23.5 Å². The van der Waals surface area contributed by atoms with Gasteiger partial charge in [-0.3, -0.25) is 0 Å². The quantitative estimate of drug-likeness (QED) is 0.765. The van der Waals surface area contributed by atoms with Crippen molar-refractivity contribution in [2.45, 2.75) is 36.5 Å². The molecule has 5 rings (SSSR count). The highest BCUT2D eigenvalue weighted by molar-refractivity contribution is 5.62. The van der Waals surface area contributed by atoms with E-state index in [2.05, 4.69) is 12.1 Å². The van der Waals surface area contributed by atoms with Gasteiger partial charge in [0.05, 0.1) is 7.11 Å². The summed E-state index contributed by atoms with van der Waals surface area (Å²) in [6.07, 6.45) is 4.57. The lowest BCUT2D eigenvalue weighted by Crippen LogP contribution is -2.64. The van der Waals surface area contributed by atoms with Crippen LogP contribution in [0, 0.1) is 5.92 Å². The molecule has 1 saturated heterocycles. The molecular weight excluding hydrogens is 282 g/mol. The number of rotatable bonds is 1. The van der Waals surface area contributed by atoms with Crippen LogP contribution in [0.25, 0.3) is 0 Å². The predicted molar refractivity (Wildman–Crippen MR) is 78.3 cm³/mol. The van der Waals surface area contributed by atoms with Crippen LogP contribution in [0.15, 0.2) is 24.3 Å². The molecule has 1 spiro atoms. The first kappa shape index (κ1) is 12.9. The molecule has 2 N–H and O–H groups in total. The van der Waals surface area contributed by atoms with Gasteiger partial charge in [0.15, 0.2) is 11.5 Å². The van der Waals surface area contributed by atoms with Crippen molar-refractivity contribution in [1.29, 1.82) is 0 Å². The summed E-state index contributed by atoms with van der Waals surface area (Å²) in [5, 5.41) is 22.3. The number of aliphatic hydroxyl groups excluding tert-OH is 1. The lowest BCUT2D eigenvalue weighted by Gasteiger charge is -2.55. The molecule has 0 aromatic heterocycles. The van der Waals surface area contributed by atoms with Crippen molar-refractivity contribution < 1.29 is 19.8 Å². The van der Waals surface area contributed by atoms with E-state index in [0.29, 0.717) is 6.54 Å². The lowest BCUT2D eigenvalue weighted by molar-refractivity contribution is -0.185. The second-order valence-corrected chi connectivity index (χ2v) is 6.80. The summed E-state index contributed by atoms with van der Waals surface area (Å²) in [5.74, 6) is 1.70. The summed E-state index contributed by atoms with van der Waals surface area (Å²) in [4.78, 5) is 0. The molecule has 5 nitrogen and oxygen atoms in total. The molecule has 0 saturated carbocycles. The zero-order valence-corrected chi connectivity index (χ0v) is 12.4. The minimum Gasteiger partial charge on any atom is -0.493 e. The van der Waals surface area contributed by atoms with Gasteiger partial charge in [-0.2, -0.15) is 5.06 Å². The summed E-state index contributed by atoms with van der Waals surface area (Å²) >= 11 is 0. The Kier molecular flexibility index (Phi) is 2.38. The third-order valence-electron chi connectivity index (χ3n) is 6.05. The Morgan fingerprint density at radius 1 is 1.36 bits per heavy atom. The number of methoxy groups -OCH3 is 1. The molecule has 5 atom stereocenters. The highest BCUT2D eigenvalue weighted by Gasteiger charge is 2.64. The third kappa shape index (κ3) is 1.27. The molecule has 22 heavy (non-hydrogen) atoms. The third-order valence-corrected chi connectivity index (χ3v) is 6.05. The van der Waals surface area contributed by atoms with E-state index < -0.39 is 6.10 Å². The predicted octanol–water partition coefficient (Wildman–Crippen LogP) is 1.26. The molecule has 2 aliphatic heterocycles. The molecule has 4 aliphatic rings. The Morgan fingerprint density at radius 3 is 3.05 bits per heavy atom. The van der Waals surface area contributed by atoms with E-state index in [1.54, 1.807) is 7.11 Å². The first-order valence-electron chi connectivity index (χ1n) is 7.85. The van der Waals surface area contributed by atoms with E-state index >= 15 is 0 Å². The monoisotopic (exact) mass is 301 g/mol. The number of hydrogen-bond donors (Lipinski definition) is 2. The largest absolute Gasteiger partial charge is 0.493 e. The minimum atomic E-state index is -0.620. The number of ether oxygens (including phenoxy) is 2. The van der Waals surface area contributed by atoms with Gasteiger partial charge in [0.2, 0.25) is 0 Å². The van der Waals surface area contributed by atoms with Crippen LogP contribution in [0.3, 0.4) is 0 Å². The molecular formula is C17H19NO4. The standard InChI is InChI=1S/C17H19NO4/c1-21-13-5-2-9-8-11-10-3-4-12(19)16-17(10,6-7-18(11)20)14(9)15(13)22-16/h2-5,10-12,16,19-20H,6-8H2,1H3/t10-,11?,12+,16?,17?/m0/s1. The molecule has 1 fully saturated rings. The molecule has 0 amide bonds. The normalized spacial score (nSPS) is 41.0. The summed E-state index contributed by atoms with van der Waals surface area (Å²) in [7, 11) is 1.65. The van der Waals surface area contributed by atoms with Crippen LogP contribution in [0.1, 0.15) is 17.5 Å². The first-order chi connectivity index (χ1) is 10.7. The van der Waals surface area contributed by atoms with Crippen LogP contribution < -0.4 is 9.47 Å². The lowest BCUT2D eigenvalue weighted by atomic mass is 9.53. The minimum absolute atomic E-state index is 0.0513. The number of benzene rings is 1. The summed E-state index contributed by atoms with van der Waals surface area (Å²) in [6, 6.07) is 4.06. The van der Waals surface area contributed by atoms with Crippen LogP contribution in [-0.2, 0) is 11.8 Å². The average molecular weight is 301 g/mol. The van der Waals surface area contributed by atoms with Crippen LogP contribution in [0.4, 0.5) is 0 Å². The fourth-order valence-corrected chi connectivity index (χ4v) is 5.19. The second-order valence-electron chi connectivity index (χ2n) is 6.80. The molecule has 2 heterocycles. The highest BCUT2D eigenvalue weighted by atomic mass is 16.5. The van der Waals surface area contributed by atoms with Crippen molar-refractivity contribution in [2.24, 2.45) is 5.92 Å². The number of nitrogens with zero attached hydrogens (tertiary/aromatic N) is 1. The topological polar surface area (TPSA) is 62.2 Å². The van der Waals surface area contributed by atoms with Gasteiger partial charge >= 0.3 is 0 Å². The maximum atomic E-state index is 10.5. The molecule has 116 valence electrons. The second kappa shape index (κ2) is 4.04. The number of hydroxylamine groups is 2. The fourth-order valence-electron chi connectivity index (χ4n) is 5.19. The molecule has 5 heteroatoms. The molecule has 1 aromatic carbocycles. The van der Waals surface area contributed by atoms with Gasteiger partial charge in [-0.05, 0) is 24.5 Å². The van der Waals surface area contributed by atoms with Crippen molar-refractivity contribution in [3.63, 3.8) is 0 Å². The average Bonchev–Trinajstić information content (AvgIpc) is 2.88. The SMILES string of the molecule is COc1ccc2c3c1OC1[C@H](O)C=C[C@H]4C(C2)N(O)CCC314. The van der Waals surface area contributed by atoms with Crippen molar-refractivity contribution in [2.75, 3.05) is 13.7 Å². The fraction of sp³-hybridized carbons (Fsp3) is 0.529. The molecule has 2 aliphatic carbocycles. The maximum absolute atomic E-state index is 10.5. The Bertz CT molecular complexity index is 687. The van der Waals surface area contributed by atoms with Crippen molar-refractivity contribution in [1.82, 2.24) is 5.06 Å². The van der Waals surface area contributed by atoms with Crippen molar-refractivity contribution in [3.05, 3.63) is 35.4 Å². The number of aliphatic hydroxyl groups is 1. The van der Waals surface area contributed by atoms with E-state index in [1.807, 2.05) is 12.1 Å². The Hall–Kier alpha value is -1.56. The Balaban J connectivity index is 1.82. The first-order valence-corrected chi connectivity index (χ1v) is 7.85. The van der Waals surface area contributed by atoms with Gasteiger partial charge < -0.3 is 19.8 Å². The highest BCUT2D eigenvalue weighted by Crippen LogP contribution is 2.62. The van der Waals surface area contributed by atoms with Gasteiger partial charge in [-0.15, -0.1) is 0 Å². The van der Waals surface area contributed by atoms with Crippen LogP contribution in [0.2, 0.25) is 0 Å². The van der Waals surface area contributed by atoms with E-state index in [0.717, 1.165) is 24.3 Å². The summed E-state index contributed by atoms with van der Waals surface area (Å²) in [5.41, 5.74) is 2.17. The number of piperidine rings is 1. The van der Waals surface area contributed by atoms with Crippen molar-refractivity contribution >= 4 is 0 Å². The van der Waals surface area contributed by atoms with Gasteiger partial charge in [0.1, 0.15) is 12.2 Å². The Labute approximate surface area is 128 Å².